The Morgan fingerprint density at radius 1 is 1.15 bits per heavy atom. The zero-order valence-corrected chi connectivity index (χ0v) is 12.9. The summed E-state index contributed by atoms with van der Waals surface area (Å²) in [6.07, 6.45) is 14.7. The van der Waals surface area contributed by atoms with E-state index in [-0.39, 0.29) is 6.10 Å². The highest BCUT2D eigenvalue weighted by Gasteiger charge is 2.05. The number of aliphatic hydroxyl groups excluding tert-OH is 1. The summed E-state index contributed by atoms with van der Waals surface area (Å²) in [6.45, 7) is 0. The lowest BCUT2D eigenvalue weighted by molar-refractivity contribution is -0.137. The predicted molar refractivity (Wildman–Crippen MR) is 84.9 cm³/mol. The summed E-state index contributed by atoms with van der Waals surface area (Å²) >= 11 is 1.83. The van der Waals surface area contributed by atoms with Crippen molar-refractivity contribution in [3.63, 3.8) is 0 Å². The molecule has 1 atom stereocenters. The standard InChI is InChI=1S/C16H26O3S/c17-14-9-8-10-15(13-14)20-12-7-5-3-1-2-4-6-11-16(18)19/h8,10,13-14,17H,1-7,9,11-12H2,(H,18,19). The molecule has 0 aromatic carbocycles. The maximum Gasteiger partial charge on any atom is 0.303 e. The Morgan fingerprint density at radius 2 is 1.80 bits per heavy atom. The largest absolute Gasteiger partial charge is 0.481 e. The molecule has 3 nitrogen and oxygen atoms in total. The number of thioether (sulfide) groups is 1. The first-order valence-corrected chi connectivity index (χ1v) is 8.58. The van der Waals surface area contributed by atoms with Gasteiger partial charge in [0.15, 0.2) is 0 Å². The van der Waals surface area contributed by atoms with Gasteiger partial charge >= 0.3 is 5.97 Å². The number of hydrogen-bond donors (Lipinski definition) is 2. The molecular formula is C16H26O3S. The molecule has 1 unspecified atom stereocenters. The number of aliphatic carboxylic acids is 1. The maximum atomic E-state index is 10.3. The minimum atomic E-state index is -0.682. The van der Waals surface area contributed by atoms with Crippen molar-refractivity contribution < 1.29 is 15.0 Å². The first kappa shape index (κ1) is 17.3. The van der Waals surface area contributed by atoms with Crippen molar-refractivity contribution in [1.82, 2.24) is 0 Å². The minimum absolute atomic E-state index is 0.298. The molecule has 0 aromatic rings. The molecule has 0 amide bonds. The SMILES string of the molecule is O=C(O)CCCCCCCCCSC1=CC(O)CC=C1. The van der Waals surface area contributed by atoms with Crippen LogP contribution in [0.15, 0.2) is 23.1 Å². The second-order valence-corrected chi connectivity index (χ2v) is 6.41. The lowest BCUT2D eigenvalue weighted by Gasteiger charge is -2.10. The predicted octanol–water partition coefficient (Wildman–Crippen LogP) is 4.13. The average molecular weight is 298 g/mol. The van der Waals surface area contributed by atoms with Crippen LogP contribution in [-0.2, 0) is 4.79 Å². The number of carboxylic acid groups (broad SMARTS) is 1. The van der Waals surface area contributed by atoms with Crippen LogP contribution in [0.3, 0.4) is 0 Å². The molecule has 0 aromatic heterocycles. The first-order valence-electron chi connectivity index (χ1n) is 7.59. The van der Waals surface area contributed by atoms with Gasteiger partial charge in [0.1, 0.15) is 0 Å². The Bertz CT molecular complexity index is 337. The zero-order valence-electron chi connectivity index (χ0n) is 12.1. The van der Waals surface area contributed by atoms with Crippen LogP contribution in [0.1, 0.15) is 57.8 Å². The molecule has 0 saturated carbocycles. The molecule has 2 N–H and O–H groups in total. The third-order valence-electron chi connectivity index (χ3n) is 3.32. The summed E-state index contributed by atoms with van der Waals surface area (Å²) in [7, 11) is 0. The van der Waals surface area contributed by atoms with Crippen LogP contribution in [0, 0.1) is 0 Å². The molecule has 1 rings (SSSR count). The first-order chi connectivity index (χ1) is 9.68. The van der Waals surface area contributed by atoms with E-state index in [9.17, 15) is 9.90 Å². The van der Waals surface area contributed by atoms with Crippen LogP contribution in [-0.4, -0.2) is 28.0 Å². The molecule has 20 heavy (non-hydrogen) atoms. The highest BCUT2D eigenvalue weighted by atomic mass is 32.2. The molecular weight excluding hydrogens is 272 g/mol. The molecule has 0 bridgehead atoms. The van der Waals surface area contributed by atoms with Crippen LogP contribution in [0.5, 0.6) is 0 Å². The van der Waals surface area contributed by atoms with Gasteiger partial charge in [0.05, 0.1) is 6.10 Å². The Labute approximate surface area is 126 Å². The molecule has 4 heteroatoms. The lowest BCUT2D eigenvalue weighted by atomic mass is 10.1. The molecule has 0 spiro atoms. The van der Waals surface area contributed by atoms with Crippen LogP contribution >= 0.6 is 11.8 Å². The fourth-order valence-electron chi connectivity index (χ4n) is 2.19. The van der Waals surface area contributed by atoms with Crippen molar-refractivity contribution >= 4 is 17.7 Å². The van der Waals surface area contributed by atoms with E-state index in [2.05, 4.69) is 6.08 Å². The van der Waals surface area contributed by atoms with E-state index in [1.165, 1.54) is 30.6 Å². The number of carbonyl (C=O) groups is 1. The van der Waals surface area contributed by atoms with Gasteiger partial charge in [-0.25, -0.2) is 0 Å². The van der Waals surface area contributed by atoms with Crippen molar-refractivity contribution in [2.75, 3.05) is 5.75 Å². The molecule has 0 saturated heterocycles. The molecule has 1 aliphatic carbocycles. The van der Waals surface area contributed by atoms with Crippen molar-refractivity contribution in [3.8, 4) is 0 Å². The number of allylic oxidation sites excluding steroid dienone is 1. The van der Waals surface area contributed by atoms with E-state index in [1.807, 2.05) is 23.9 Å². The smallest absolute Gasteiger partial charge is 0.303 e. The van der Waals surface area contributed by atoms with Crippen molar-refractivity contribution in [2.24, 2.45) is 0 Å². The van der Waals surface area contributed by atoms with Gasteiger partial charge in [-0.3, -0.25) is 4.79 Å². The highest BCUT2D eigenvalue weighted by Crippen LogP contribution is 2.23. The Hall–Kier alpha value is -0.740. The normalized spacial score (nSPS) is 18.1. The van der Waals surface area contributed by atoms with Crippen molar-refractivity contribution in [1.29, 1.82) is 0 Å². The fraction of sp³-hybridized carbons (Fsp3) is 0.688. The average Bonchev–Trinajstić information content (AvgIpc) is 2.40. The Balaban J connectivity index is 1.85. The Kier molecular flexibility index (Phi) is 9.50. The van der Waals surface area contributed by atoms with E-state index in [4.69, 9.17) is 5.11 Å². The minimum Gasteiger partial charge on any atom is -0.481 e. The van der Waals surface area contributed by atoms with E-state index < -0.39 is 5.97 Å². The number of hydrogen-bond acceptors (Lipinski definition) is 3. The monoisotopic (exact) mass is 298 g/mol. The summed E-state index contributed by atoms with van der Waals surface area (Å²) in [5.41, 5.74) is 0. The van der Waals surface area contributed by atoms with Gasteiger partial charge in [-0.1, -0.05) is 44.3 Å². The second-order valence-electron chi connectivity index (χ2n) is 5.24. The number of unbranched alkanes of at least 4 members (excludes halogenated alkanes) is 6. The van der Waals surface area contributed by atoms with E-state index in [0.29, 0.717) is 6.42 Å². The molecule has 0 radical (unpaired) electrons. The van der Waals surface area contributed by atoms with Gasteiger partial charge in [-0.15, -0.1) is 11.8 Å². The third kappa shape index (κ3) is 9.21. The molecule has 1 aliphatic rings. The van der Waals surface area contributed by atoms with Crippen molar-refractivity contribution in [3.05, 3.63) is 23.1 Å². The number of aliphatic hydroxyl groups is 1. The van der Waals surface area contributed by atoms with Gasteiger partial charge in [-0.2, -0.15) is 0 Å². The number of rotatable bonds is 11. The van der Waals surface area contributed by atoms with Gasteiger partial charge in [0.25, 0.3) is 0 Å². The van der Waals surface area contributed by atoms with E-state index in [1.54, 1.807) is 0 Å². The zero-order chi connectivity index (χ0) is 14.6. The lowest BCUT2D eigenvalue weighted by Crippen LogP contribution is -2.03. The topological polar surface area (TPSA) is 57.5 Å². The van der Waals surface area contributed by atoms with E-state index in [0.717, 1.165) is 31.4 Å². The quantitative estimate of drug-likeness (QED) is 0.563. The van der Waals surface area contributed by atoms with Crippen molar-refractivity contribution in [2.45, 2.75) is 63.9 Å². The highest BCUT2D eigenvalue weighted by molar-refractivity contribution is 8.03. The molecule has 0 fully saturated rings. The van der Waals surface area contributed by atoms with Gasteiger partial charge in [0.2, 0.25) is 0 Å². The third-order valence-corrected chi connectivity index (χ3v) is 4.42. The summed E-state index contributed by atoms with van der Waals surface area (Å²) in [5, 5.41) is 18.0. The summed E-state index contributed by atoms with van der Waals surface area (Å²) in [6, 6.07) is 0. The second kappa shape index (κ2) is 11.0. The molecule has 114 valence electrons. The summed E-state index contributed by atoms with van der Waals surface area (Å²) in [4.78, 5) is 11.5. The summed E-state index contributed by atoms with van der Waals surface area (Å²) in [5.74, 6) is 0.431. The van der Waals surface area contributed by atoms with Gasteiger partial charge < -0.3 is 10.2 Å². The number of carboxylic acids is 1. The maximum absolute atomic E-state index is 10.3. The fourth-order valence-corrected chi connectivity index (χ4v) is 3.22. The summed E-state index contributed by atoms with van der Waals surface area (Å²) < 4.78 is 0. The van der Waals surface area contributed by atoms with Crippen LogP contribution in [0.2, 0.25) is 0 Å². The van der Waals surface area contributed by atoms with Crippen LogP contribution < -0.4 is 0 Å². The van der Waals surface area contributed by atoms with Crippen LogP contribution in [0.25, 0.3) is 0 Å². The molecule has 0 aliphatic heterocycles. The van der Waals surface area contributed by atoms with E-state index >= 15 is 0 Å². The molecule has 0 heterocycles. The van der Waals surface area contributed by atoms with Gasteiger partial charge in [-0.05, 0) is 31.1 Å². The van der Waals surface area contributed by atoms with Gasteiger partial charge in [0, 0.05) is 11.3 Å². The van der Waals surface area contributed by atoms with Crippen LogP contribution in [0.4, 0.5) is 0 Å². The Morgan fingerprint density at radius 3 is 2.45 bits per heavy atom.